The molecule has 51 valence electrons. The molecule has 9 heavy (non-hydrogen) atoms. The normalized spacial score (nSPS) is 9.22. The van der Waals surface area contributed by atoms with E-state index in [1.807, 2.05) is 13.8 Å². The molecule has 0 saturated carbocycles. The average Bonchev–Trinajstić information content (AvgIpc) is 2.12. The van der Waals surface area contributed by atoms with Crippen LogP contribution in [0.5, 0.6) is 0 Å². The van der Waals surface area contributed by atoms with Gasteiger partial charge >= 0.3 is 0 Å². The van der Waals surface area contributed by atoms with Crippen LogP contribution in [-0.4, -0.2) is 15.4 Å². The number of rotatable bonds is 1. The topological polar surface area (TPSA) is 52.8 Å². The summed E-state index contributed by atoms with van der Waals surface area (Å²) in [6.45, 7) is 4.00. The van der Waals surface area contributed by atoms with E-state index in [-0.39, 0.29) is 20.4 Å². The molecule has 0 aromatic carbocycles. The second-order valence-corrected chi connectivity index (χ2v) is 1.89. The number of hydrogen-bond donors (Lipinski definition) is 0. The molecule has 0 unspecified atom stereocenters. The van der Waals surface area contributed by atoms with E-state index < -0.39 is 0 Å². The zero-order valence-electron chi connectivity index (χ0n) is 5.24. The minimum absolute atomic E-state index is 0. The molecule has 1 radical (unpaired) electrons. The van der Waals surface area contributed by atoms with E-state index in [0.29, 0.717) is 11.7 Å². The van der Waals surface area contributed by atoms with Crippen LogP contribution in [0.25, 0.3) is 0 Å². The van der Waals surface area contributed by atoms with Gasteiger partial charge in [0.05, 0.1) is 0 Å². The first-order valence-corrected chi connectivity index (χ1v) is 2.49. The van der Waals surface area contributed by atoms with Crippen LogP contribution in [0.3, 0.4) is 0 Å². The molecule has 4 nitrogen and oxygen atoms in total. The zero-order valence-corrected chi connectivity index (χ0v) is 7.96. The van der Waals surface area contributed by atoms with Crippen LogP contribution in [-0.2, 0) is 20.4 Å². The van der Waals surface area contributed by atoms with Gasteiger partial charge in [0.15, 0.2) is 0 Å². The first-order chi connectivity index (χ1) is 3.80. The second-order valence-electron chi connectivity index (χ2n) is 1.89. The van der Waals surface area contributed by atoms with Gasteiger partial charge < -0.3 is 5.10 Å². The molecule has 0 bridgehead atoms. The van der Waals surface area contributed by atoms with Gasteiger partial charge in [-0.15, -0.1) is 0 Å². The summed E-state index contributed by atoms with van der Waals surface area (Å²) in [5.74, 6) is 1.05. The van der Waals surface area contributed by atoms with E-state index in [1.54, 1.807) is 0 Å². The molecule has 0 fully saturated rings. The van der Waals surface area contributed by atoms with E-state index in [2.05, 4.69) is 20.6 Å². The molecule has 1 aromatic rings. The minimum atomic E-state index is 0. The van der Waals surface area contributed by atoms with E-state index in [9.17, 15) is 0 Å². The van der Waals surface area contributed by atoms with Crippen LogP contribution in [0.4, 0.5) is 0 Å². The predicted octanol–water partition coefficient (Wildman–Crippen LogP) is -0.0503. The van der Waals surface area contributed by atoms with Crippen molar-refractivity contribution >= 4 is 0 Å². The van der Waals surface area contributed by atoms with Crippen molar-refractivity contribution in [3.63, 3.8) is 0 Å². The maximum Gasteiger partial charge on any atom is 0.0450 e. The fraction of sp³-hybridized carbons (Fsp3) is 0.750. The van der Waals surface area contributed by atoms with Crippen LogP contribution in [0, 0.1) is 0 Å². The smallest absolute Gasteiger partial charge is 0.0450 e. The van der Waals surface area contributed by atoms with Gasteiger partial charge in [-0.25, -0.2) is 0 Å². The van der Waals surface area contributed by atoms with Crippen molar-refractivity contribution in [2.24, 2.45) is 0 Å². The summed E-state index contributed by atoms with van der Waals surface area (Å²) in [5, 5.41) is 14.0. The van der Waals surface area contributed by atoms with Crippen LogP contribution >= 0.6 is 0 Å². The molecule has 0 amide bonds. The summed E-state index contributed by atoms with van der Waals surface area (Å²) < 4.78 is 0. The Hall–Kier alpha value is -0.268. The van der Waals surface area contributed by atoms with E-state index >= 15 is 0 Å². The quantitative estimate of drug-likeness (QED) is 0.729. The molecular weight excluding hydrogens is 290 g/mol. The standard InChI is InChI=1S/C4H7N4.Re/c1-3(2)4-5-7-8-6-4;/h3H,1-2H3;/q-1;. The molecule has 1 heterocycles. The van der Waals surface area contributed by atoms with Gasteiger partial charge in [0.1, 0.15) is 0 Å². The summed E-state index contributed by atoms with van der Waals surface area (Å²) in [6.07, 6.45) is 0. The molecule has 0 saturated heterocycles. The Kier molecular flexibility index (Phi) is 3.59. The molecular formula is C4H7N4Re-. The molecule has 0 aliphatic heterocycles. The van der Waals surface area contributed by atoms with Crippen LogP contribution in [0.2, 0.25) is 0 Å². The van der Waals surface area contributed by atoms with Crippen molar-refractivity contribution in [2.75, 3.05) is 0 Å². The number of hydrogen-bond acceptors (Lipinski definition) is 3. The van der Waals surface area contributed by atoms with Crippen LogP contribution in [0.1, 0.15) is 25.6 Å². The Balaban J connectivity index is 0.000000640. The van der Waals surface area contributed by atoms with Crippen molar-refractivity contribution in [3.8, 4) is 0 Å². The van der Waals surface area contributed by atoms with Gasteiger partial charge in [0, 0.05) is 26.2 Å². The van der Waals surface area contributed by atoms with Crippen molar-refractivity contribution in [3.05, 3.63) is 5.82 Å². The summed E-state index contributed by atoms with van der Waals surface area (Å²) in [5.41, 5.74) is 0. The molecule has 5 heteroatoms. The monoisotopic (exact) mass is 298 g/mol. The molecule has 0 spiro atoms. The van der Waals surface area contributed by atoms with E-state index in [1.165, 1.54) is 0 Å². The molecule has 0 aliphatic rings. The molecule has 1 aromatic heterocycles. The summed E-state index contributed by atoms with van der Waals surface area (Å²) in [6, 6.07) is 0. The number of aromatic nitrogens is 4. The van der Waals surface area contributed by atoms with Gasteiger partial charge in [-0.05, 0) is 5.92 Å². The predicted molar refractivity (Wildman–Crippen MR) is 27.2 cm³/mol. The number of tetrazole rings is 1. The first kappa shape index (κ1) is 8.73. The maximum absolute atomic E-state index is 3.64. The van der Waals surface area contributed by atoms with Crippen molar-refractivity contribution in [1.29, 1.82) is 0 Å². The first-order valence-electron chi connectivity index (χ1n) is 2.49. The van der Waals surface area contributed by atoms with Crippen molar-refractivity contribution < 1.29 is 20.4 Å². The van der Waals surface area contributed by atoms with Crippen LogP contribution in [0.15, 0.2) is 0 Å². The van der Waals surface area contributed by atoms with Gasteiger partial charge in [0.2, 0.25) is 0 Å². The van der Waals surface area contributed by atoms with Gasteiger partial charge in [-0.2, -0.15) is 0 Å². The largest absolute Gasteiger partial charge is 0.335 e. The third kappa shape index (κ3) is 2.21. The third-order valence-corrected chi connectivity index (χ3v) is 0.851. The van der Waals surface area contributed by atoms with Gasteiger partial charge in [-0.3, -0.25) is 15.5 Å². The number of nitrogens with zero attached hydrogens (tertiary/aromatic N) is 4. The minimum Gasteiger partial charge on any atom is -0.335 e. The summed E-state index contributed by atoms with van der Waals surface area (Å²) in [7, 11) is 0. The van der Waals surface area contributed by atoms with Gasteiger partial charge in [0.25, 0.3) is 0 Å². The van der Waals surface area contributed by atoms with E-state index in [4.69, 9.17) is 0 Å². The summed E-state index contributed by atoms with van der Waals surface area (Å²) in [4.78, 5) is 0. The van der Waals surface area contributed by atoms with Crippen molar-refractivity contribution in [2.45, 2.75) is 19.8 Å². The average molecular weight is 297 g/mol. The Morgan fingerprint density at radius 3 is 2.33 bits per heavy atom. The zero-order chi connectivity index (χ0) is 5.98. The fourth-order valence-electron chi connectivity index (χ4n) is 0.383. The maximum atomic E-state index is 3.64. The third-order valence-electron chi connectivity index (χ3n) is 0.851. The Bertz CT molecular complexity index is 148. The van der Waals surface area contributed by atoms with Crippen molar-refractivity contribution in [1.82, 2.24) is 20.6 Å². The SMILES string of the molecule is CC(C)c1nn[n-]n1.[Re]. The Morgan fingerprint density at radius 2 is 2.11 bits per heavy atom. The fourth-order valence-corrected chi connectivity index (χ4v) is 0.383. The Morgan fingerprint density at radius 1 is 1.44 bits per heavy atom. The van der Waals surface area contributed by atoms with Gasteiger partial charge in [-0.1, -0.05) is 13.8 Å². The molecule has 1 rings (SSSR count). The second kappa shape index (κ2) is 3.70. The van der Waals surface area contributed by atoms with E-state index in [0.717, 1.165) is 0 Å². The Labute approximate surface area is 67.1 Å². The molecule has 0 aliphatic carbocycles. The summed E-state index contributed by atoms with van der Waals surface area (Å²) >= 11 is 0. The molecule has 0 N–H and O–H groups in total. The molecule has 0 atom stereocenters. The van der Waals surface area contributed by atoms with Crippen LogP contribution < -0.4 is 5.21 Å².